The first-order chi connectivity index (χ1) is 22.2. The van der Waals surface area contributed by atoms with Crippen LogP contribution in [0.4, 0.5) is 27.9 Å². The highest BCUT2D eigenvalue weighted by Gasteiger charge is 2.15. The predicted octanol–water partition coefficient (Wildman–Crippen LogP) is 7.17. The number of aromatic hydroxyl groups is 1. The minimum Gasteiger partial charge on any atom is -0.497 e. The third kappa shape index (κ3) is 6.66. The van der Waals surface area contributed by atoms with Gasteiger partial charge in [-0.25, -0.2) is 19.3 Å². The lowest BCUT2D eigenvalue weighted by Gasteiger charge is -2.14. The van der Waals surface area contributed by atoms with E-state index in [1.54, 1.807) is 55.6 Å². The molecule has 0 atom stereocenters. The van der Waals surface area contributed by atoms with Crippen molar-refractivity contribution in [3.63, 3.8) is 0 Å². The van der Waals surface area contributed by atoms with Crippen LogP contribution in [0.1, 0.15) is 10.4 Å². The highest BCUT2D eigenvalue weighted by atomic mass is 79.9. The summed E-state index contributed by atoms with van der Waals surface area (Å²) in [5.74, 6) is 0.489. The van der Waals surface area contributed by atoms with E-state index in [2.05, 4.69) is 46.9 Å². The van der Waals surface area contributed by atoms with Crippen LogP contribution in [0.25, 0.3) is 16.5 Å². The number of carboxylic acid groups (broad SMARTS) is 1. The highest BCUT2D eigenvalue weighted by molar-refractivity contribution is 9.10. The number of urea groups is 1. The lowest BCUT2D eigenvalue weighted by Crippen LogP contribution is -2.21. The number of rotatable bonds is 9. The number of ether oxygens (including phenoxy) is 2. The second-order valence-electron chi connectivity index (χ2n) is 9.71. The van der Waals surface area contributed by atoms with E-state index in [1.165, 1.54) is 29.1 Å². The molecule has 0 aliphatic carbocycles. The van der Waals surface area contributed by atoms with Crippen LogP contribution in [0.3, 0.4) is 0 Å². The van der Waals surface area contributed by atoms with Crippen LogP contribution in [0.5, 0.6) is 23.3 Å². The number of anilines is 4. The fourth-order valence-electron chi connectivity index (χ4n) is 4.60. The lowest BCUT2D eigenvalue weighted by molar-refractivity contribution is 0.0696. The quantitative estimate of drug-likeness (QED) is 0.105. The third-order valence-corrected chi connectivity index (χ3v) is 7.09. The maximum absolute atomic E-state index is 13.1. The molecule has 14 heteroatoms. The average Bonchev–Trinajstić information content (AvgIpc) is 3.41. The first kappa shape index (κ1) is 29.9. The topological polar surface area (TPSA) is 173 Å². The van der Waals surface area contributed by atoms with Crippen molar-refractivity contribution in [1.29, 1.82) is 0 Å². The minimum absolute atomic E-state index is 0.0964. The standard InChI is InChI=1S/C32H24BrN7O6/c1-45-22-8-6-21(7-9-22)40-27(17-28(41)39-40)37-32(44)36-25-10-11-26(24-5-3-2-4-23(24)25)46-29-12-13-34-31(38-29)35-20-15-18(30(42)43)14-19(33)16-20/h2-17H,1H3,(H,39,41)(H,42,43)(H,34,35,38)(H2,36,37,44). The smallest absolute Gasteiger partial charge is 0.335 e. The Balaban J connectivity index is 1.20. The molecule has 2 aromatic heterocycles. The van der Waals surface area contributed by atoms with E-state index in [1.807, 2.05) is 24.3 Å². The summed E-state index contributed by atoms with van der Waals surface area (Å²) in [6.07, 6.45) is 1.51. The van der Waals surface area contributed by atoms with Crippen LogP contribution in [0.2, 0.25) is 0 Å². The predicted molar refractivity (Wildman–Crippen MR) is 175 cm³/mol. The average molecular weight is 682 g/mol. The van der Waals surface area contributed by atoms with Crippen molar-refractivity contribution < 1.29 is 29.3 Å². The summed E-state index contributed by atoms with van der Waals surface area (Å²) in [5.41, 5.74) is 1.69. The van der Waals surface area contributed by atoms with Gasteiger partial charge in [-0.3, -0.25) is 5.32 Å². The Hall–Kier alpha value is -6.15. The van der Waals surface area contributed by atoms with E-state index < -0.39 is 12.0 Å². The number of carboxylic acids is 1. The molecule has 0 bridgehead atoms. The van der Waals surface area contributed by atoms with Crippen LogP contribution >= 0.6 is 15.9 Å². The third-order valence-electron chi connectivity index (χ3n) is 6.63. The molecular formula is C32H24BrN7O6. The van der Waals surface area contributed by atoms with E-state index in [0.29, 0.717) is 43.8 Å². The zero-order chi connectivity index (χ0) is 32.2. The molecule has 46 heavy (non-hydrogen) atoms. The van der Waals surface area contributed by atoms with Gasteiger partial charge >= 0.3 is 12.0 Å². The number of aromatic carboxylic acids is 1. The Kier molecular flexibility index (Phi) is 8.34. The number of fused-ring (bicyclic) bond motifs is 1. The number of hydrogen-bond donors (Lipinski definition) is 5. The van der Waals surface area contributed by atoms with Gasteiger partial charge in [0.2, 0.25) is 17.7 Å². The monoisotopic (exact) mass is 681 g/mol. The molecule has 4 aromatic carbocycles. The molecule has 0 aliphatic rings. The second-order valence-corrected chi connectivity index (χ2v) is 10.6. The molecule has 0 fully saturated rings. The van der Waals surface area contributed by atoms with Crippen molar-refractivity contribution >= 4 is 61.8 Å². The van der Waals surface area contributed by atoms with E-state index in [4.69, 9.17) is 9.47 Å². The van der Waals surface area contributed by atoms with E-state index in [9.17, 15) is 19.8 Å². The molecule has 6 rings (SSSR count). The maximum atomic E-state index is 13.1. The molecular weight excluding hydrogens is 658 g/mol. The van der Waals surface area contributed by atoms with Crippen molar-refractivity contribution in [3.05, 3.63) is 107 Å². The summed E-state index contributed by atoms with van der Waals surface area (Å²) in [6, 6.07) is 24.8. The van der Waals surface area contributed by atoms with Crippen molar-refractivity contribution in [1.82, 2.24) is 19.7 Å². The number of halogens is 1. The molecule has 0 radical (unpaired) electrons. The van der Waals surface area contributed by atoms with Crippen molar-refractivity contribution in [2.75, 3.05) is 23.1 Å². The van der Waals surface area contributed by atoms with Gasteiger partial charge in [0.25, 0.3) is 0 Å². The fraction of sp³-hybridized carbons (Fsp3) is 0.0312. The molecule has 6 aromatic rings. The summed E-state index contributed by atoms with van der Waals surface area (Å²) in [7, 11) is 1.56. The number of carbonyl (C=O) groups is 2. The Labute approximate surface area is 269 Å². The van der Waals surface area contributed by atoms with Gasteiger partial charge in [0.1, 0.15) is 17.3 Å². The van der Waals surface area contributed by atoms with Crippen molar-refractivity contribution in [3.8, 4) is 28.9 Å². The number of hydrogen-bond acceptors (Lipinski definition) is 9. The van der Waals surface area contributed by atoms with Crippen molar-refractivity contribution in [2.24, 2.45) is 0 Å². The molecule has 0 spiro atoms. The number of nitrogens with zero attached hydrogens (tertiary/aromatic N) is 4. The number of methoxy groups -OCH3 is 1. The number of nitrogens with one attached hydrogen (secondary N) is 3. The zero-order valence-corrected chi connectivity index (χ0v) is 25.5. The van der Waals surface area contributed by atoms with Gasteiger partial charge < -0.3 is 30.3 Å². The molecule has 0 unspecified atom stereocenters. The zero-order valence-electron chi connectivity index (χ0n) is 23.9. The molecule has 2 heterocycles. The van der Waals surface area contributed by atoms with Gasteiger partial charge in [0.05, 0.1) is 24.0 Å². The Morgan fingerprint density at radius 3 is 2.46 bits per heavy atom. The van der Waals surface area contributed by atoms with Crippen molar-refractivity contribution in [2.45, 2.75) is 0 Å². The summed E-state index contributed by atoms with van der Waals surface area (Å²) in [6.45, 7) is 0. The van der Waals surface area contributed by atoms with Gasteiger partial charge in [-0.05, 0) is 54.6 Å². The molecule has 0 aliphatic heterocycles. The van der Waals surface area contributed by atoms with Gasteiger partial charge in [-0.1, -0.05) is 40.2 Å². The fourth-order valence-corrected chi connectivity index (χ4v) is 5.10. The van der Waals surface area contributed by atoms with E-state index in [-0.39, 0.29) is 29.1 Å². The van der Waals surface area contributed by atoms with Crippen LogP contribution in [-0.4, -0.2) is 49.1 Å². The largest absolute Gasteiger partial charge is 0.497 e. The highest BCUT2D eigenvalue weighted by Crippen LogP contribution is 2.34. The molecule has 5 N–H and O–H groups in total. The number of benzene rings is 4. The Morgan fingerprint density at radius 2 is 1.70 bits per heavy atom. The van der Waals surface area contributed by atoms with Gasteiger partial charge in [0.15, 0.2) is 0 Å². The van der Waals surface area contributed by atoms with Gasteiger partial charge in [0, 0.05) is 39.3 Å². The van der Waals surface area contributed by atoms with E-state index in [0.717, 1.165) is 0 Å². The number of amides is 2. The minimum atomic E-state index is -1.07. The first-order valence-corrected chi connectivity index (χ1v) is 14.4. The summed E-state index contributed by atoms with van der Waals surface area (Å²) in [4.78, 5) is 33.2. The molecule has 0 saturated heterocycles. The molecule has 0 saturated carbocycles. The van der Waals surface area contributed by atoms with Crippen LogP contribution < -0.4 is 25.4 Å². The number of aromatic nitrogens is 4. The maximum Gasteiger partial charge on any atom is 0.335 e. The SMILES string of the molecule is COc1ccc(-n2nc(O)cc2NC(=O)Nc2ccc(Oc3ccnc(Nc4cc(Br)cc(C(=O)O)c4)n3)c3ccccc23)cc1. The van der Waals surface area contributed by atoms with Crippen LogP contribution in [0.15, 0.2) is 102 Å². The summed E-state index contributed by atoms with van der Waals surface area (Å²) in [5, 5.41) is 33.5. The summed E-state index contributed by atoms with van der Waals surface area (Å²) < 4.78 is 13.3. The van der Waals surface area contributed by atoms with Crippen LogP contribution in [0, 0.1) is 0 Å². The second kappa shape index (κ2) is 12.8. The molecule has 2 amide bonds. The Morgan fingerprint density at radius 1 is 0.913 bits per heavy atom. The normalized spacial score (nSPS) is 10.7. The van der Waals surface area contributed by atoms with Gasteiger partial charge in [-0.15, -0.1) is 5.10 Å². The molecule has 230 valence electrons. The van der Waals surface area contributed by atoms with Gasteiger partial charge in [-0.2, -0.15) is 4.98 Å². The van der Waals surface area contributed by atoms with Crippen LogP contribution in [-0.2, 0) is 0 Å². The lowest BCUT2D eigenvalue weighted by atomic mass is 10.1. The first-order valence-electron chi connectivity index (χ1n) is 13.6. The van der Waals surface area contributed by atoms with E-state index >= 15 is 0 Å². The Bertz CT molecular complexity index is 2080. The molecule has 13 nitrogen and oxygen atoms in total. The number of carbonyl (C=O) groups excluding carboxylic acids is 1. The summed E-state index contributed by atoms with van der Waals surface area (Å²) >= 11 is 3.31.